The van der Waals surface area contributed by atoms with E-state index in [1.165, 1.54) is 25.5 Å². The highest BCUT2D eigenvalue weighted by Gasteiger charge is 2.45. The summed E-state index contributed by atoms with van der Waals surface area (Å²) < 4.78 is 21.9. The van der Waals surface area contributed by atoms with Gasteiger partial charge in [-0.15, -0.1) is 0 Å². The topological polar surface area (TPSA) is 214 Å². The Bertz CT molecular complexity index is 901. The normalized spacial score (nSPS) is 24.3. The molecule has 0 saturated carbocycles. The number of aliphatic hydroxyl groups excluding tert-OH is 3. The van der Waals surface area contributed by atoms with Crippen LogP contribution in [0.3, 0.4) is 0 Å². The Morgan fingerprint density at radius 1 is 0.804 bits per heavy atom. The summed E-state index contributed by atoms with van der Waals surface area (Å²) in [6.45, 7) is 3.28. The van der Waals surface area contributed by atoms with Gasteiger partial charge in [0, 0.05) is 56.8 Å². The molecule has 2 fully saturated rings. The summed E-state index contributed by atoms with van der Waals surface area (Å²) in [6, 6.07) is -1.03. The molecule has 46 heavy (non-hydrogen) atoms. The molecule has 266 valence electrons. The van der Waals surface area contributed by atoms with Crippen molar-refractivity contribution in [2.45, 2.75) is 94.2 Å². The Balaban J connectivity index is 1.38. The van der Waals surface area contributed by atoms with Crippen LogP contribution in [0.5, 0.6) is 0 Å². The molecule has 0 spiro atoms. The Kier molecular flexibility index (Phi) is 21.5. The van der Waals surface area contributed by atoms with Crippen LogP contribution in [0.25, 0.3) is 0 Å². The first-order chi connectivity index (χ1) is 22.2. The van der Waals surface area contributed by atoms with E-state index >= 15 is 0 Å². The number of nitrogens with one attached hydrogen (secondary N) is 4. The molecule has 2 aliphatic rings. The molecule has 0 radical (unpaired) electrons. The second-order valence-electron chi connectivity index (χ2n) is 11.0. The number of hydrogen-bond acceptors (Lipinski definition) is 13. The zero-order chi connectivity index (χ0) is 33.6. The van der Waals surface area contributed by atoms with Gasteiger partial charge in [-0.05, 0) is 25.7 Å². The van der Waals surface area contributed by atoms with Crippen molar-refractivity contribution in [3.05, 3.63) is 0 Å². The Morgan fingerprint density at radius 2 is 1.43 bits per heavy atom. The second kappa shape index (κ2) is 24.4. The molecule has 4 amide bonds. The van der Waals surface area contributed by atoms with E-state index in [1.807, 2.05) is 21.6 Å². The largest absolute Gasteiger partial charge is 0.394 e. The molecule has 2 rings (SSSR count). The van der Waals surface area contributed by atoms with Crippen molar-refractivity contribution in [2.75, 3.05) is 65.0 Å². The van der Waals surface area contributed by atoms with Crippen molar-refractivity contribution in [1.82, 2.24) is 21.3 Å². The number of carbonyl (C=O) groups is 4. The average molecular weight is 697 g/mol. The quantitative estimate of drug-likeness (QED) is 0.0488. The van der Waals surface area contributed by atoms with E-state index in [1.54, 1.807) is 0 Å². The van der Waals surface area contributed by atoms with Crippen molar-refractivity contribution >= 4 is 45.2 Å². The van der Waals surface area contributed by atoms with E-state index in [-0.39, 0.29) is 43.7 Å². The Hall–Kier alpha value is -1.70. The average Bonchev–Trinajstić information content (AvgIpc) is 3.55. The van der Waals surface area contributed by atoms with Crippen LogP contribution < -0.4 is 21.3 Å². The number of rotatable bonds is 24. The van der Waals surface area contributed by atoms with Crippen LogP contribution in [0.2, 0.25) is 0 Å². The first-order valence-corrected chi connectivity index (χ1v) is 18.3. The molecule has 0 aliphatic carbocycles. The van der Waals surface area contributed by atoms with E-state index in [2.05, 4.69) is 21.3 Å². The highest BCUT2D eigenvalue weighted by atomic mass is 33.1. The second-order valence-corrected chi connectivity index (χ2v) is 13.8. The minimum absolute atomic E-state index is 0.00932. The summed E-state index contributed by atoms with van der Waals surface area (Å²) in [5.74, 6) is 0.262. The van der Waals surface area contributed by atoms with Gasteiger partial charge in [-0.25, -0.2) is 0 Å². The summed E-state index contributed by atoms with van der Waals surface area (Å²) in [6.07, 6.45) is 0.458. The van der Waals surface area contributed by atoms with Gasteiger partial charge in [0.15, 0.2) is 6.29 Å². The molecule has 2 heterocycles. The Morgan fingerprint density at radius 3 is 2.02 bits per heavy atom. The summed E-state index contributed by atoms with van der Waals surface area (Å²) >= 11 is 0. The smallest absolute Gasteiger partial charge is 0.220 e. The van der Waals surface area contributed by atoms with Crippen LogP contribution in [0, 0.1) is 0 Å². The number of hydrogen-bond donors (Lipinski definition) is 7. The lowest BCUT2D eigenvalue weighted by atomic mass is 9.97. The first kappa shape index (κ1) is 40.5. The van der Waals surface area contributed by atoms with Crippen LogP contribution in [0.4, 0.5) is 0 Å². The number of carbonyl (C=O) groups excluding carboxylic acids is 4. The standard InChI is InChI=1S/C29H52N4O11S2/c1-20(35)33-26-28(40)27(39)22(19-34)44-29(26)43-13-4-10-30-24(37)7-8-25(38)32-12-15-42-17-16-41-14-11-31-23(36)6-3-2-5-21-9-18-45-46-21/h21-22,26-29,34,39-40H,2-19H2,1H3,(H,30,37)(H,31,36)(H,32,38)(H,33,35)/t21?,22-,26-,27-,28-,29-/m1/s1. The van der Waals surface area contributed by atoms with Gasteiger partial charge in [-0.2, -0.15) is 0 Å². The van der Waals surface area contributed by atoms with Gasteiger partial charge in [0.1, 0.15) is 24.4 Å². The third kappa shape index (κ3) is 17.5. The molecule has 15 nitrogen and oxygen atoms in total. The number of aliphatic hydroxyl groups is 3. The molecule has 0 aromatic carbocycles. The van der Waals surface area contributed by atoms with Gasteiger partial charge in [0.05, 0.1) is 39.6 Å². The predicted molar refractivity (Wildman–Crippen MR) is 173 cm³/mol. The highest BCUT2D eigenvalue weighted by Crippen LogP contribution is 2.39. The van der Waals surface area contributed by atoms with Crippen LogP contribution in [0.15, 0.2) is 0 Å². The fourth-order valence-corrected chi connectivity index (χ4v) is 7.70. The molecule has 0 bridgehead atoms. The monoisotopic (exact) mass is 696 g/mol. The highest BCUT2D eigenvalue weighted by molar-refractivity contribution is 8.77. The van der Waals surface area contributed by atoms with Crippen molar-refractivity contribution in [2.24, 2.45) is 0 Å². The van der Waals surface area contributed by atoms with Gasteiger partial charge >= 0.3 is 0 Å². The fourth-order valence-electron chi connectivity index (χ4n) is 4.67. The molecule has 6 atom stereocenters. The SMILES string of the molecule is CC(=O)N[C@H]1[C@H](OCCCNC(=O)CCC(=O)NCCOCCOCCNC(=O)CCCCC2CCSS2)O[C@H](CO)[C@@H](O)[C@@H]1O. The minimum Gasteiger partial charge on any atom is -0.394 e. The number of amides is 4. The molecule has 1 unspecified atom stereocenters. The molecular weight excluding hydrogens is 644 g/mol. The molecule has 2 saturated heterocycles. The zero-order valence-corrected chi connectivity index (χ0v) is 28.2. The lowest BCUT2D eigenvalue weighted by Gasteiger charge is -2.42. The zero-order valence-electron chi connectivity index (χ0n) is 26.6. The third-order valence-corrected chi connectivity index (χ3v) is 10.2. The lowest BCUT2D eigenvalue weighted by molar-refractivity contribution is -0.270. The van der Waals surface area contributed by atoms with Gasteiger partial charge in [0.2, 0.25) is 23.6 Å². The van der Waals surface area contributed by atoms with Gasteiger partial charge in [-0.3, -0.25) is 19.2 Å². The fraction of sp³-hybridized carbons (Fsp3) is 0.862. The minimum atomic E-state index is -1.40. The maximum atomic E-state index is 12.1. The summed E-state index contributed by atoms with van der Waals surface area (Å²) in [4.78, 5) is 47.4. The molecule has 0 aromatic heterocycles. The predicted octanol–water partition coefficient (Wildman–Crippen LogP) is -0.787. The third-order valence-electron chi connectivity index (χ3n) is 7.17. The lowest BCUT2D eigenvalue weighted by Crippen LogP contribution is -2.64. The van der Waals surface area contributed by atoms with E-state index < -0.39 is 43.2 Å². The van der Waals surface area contributed by atoms with Crippen LogP contribution in [-0.2, 0) is 38.1 Å². The van der Waals surface area contributed by atoms with Crippen LogP contribution in [0.1, 0.15) is 58.3 Å². The van der Waals surface area contributed by atoms with Gasteiger partial charge in [-0.1, -0.05) is 28.0 Å². The van der Waals surface area contributed by atoms with Crippen LogP contribution >= 0.6 is 21.6 Å². The molecule has 2 aliphatic heterocycles. The maximum absolute atomic E-state index is 12.1. The van der Waals surface area contributed by atoms with E-state index in [0.29, 0.717) is 52.4 Å². The molecule has 7 N–H and O–H groups in total. The van der Waals surface area contributed by atoms with Crippen LogP contribution in [-0.4, -0.2) is 140 Å². The number of unbranched alkanes of at least 4 members (excludes halogenated alkanes) is 1. The molecule has 0 aromatic rings. The Labute approximate surface area is 278 Å². The summed E-state index contributed by atoms with van der Waals surface area (Å²) in [7, 11) is 3.91. The summed E-state index contributed by atoms with van der Waals surface area (Å²) in [5.41, 5.74) is 0. The van der Waals surface area contributed by atoms with Crippen molar-refractivity contribution in [1.29, 1.82) is 0 Å². The summed E-state index contributed by atoms with van der Waals surface area (Å²) in [5, 5.41) is 41.1. The maximum Gasteiger partial charge on any atom is 0.220 e. The van der Waals surface area contributed by atoms with E-state index in [0.717, 1.165) is 18.1 Å². The van der Waals surface area contributed by atoms with Crippen molar-refractivity contribution < 1.29 is 53.4 Å². The van der Waals surface area contributed by atoms with E-state index in [4.69, 9.17) is 18.9 Å². The van der Waals surface area contributed by atoms with Crippen molar-refractivity contribution in [3.63, 3.8) is 0 Å². The van der Waals surface area contributed by atoms with Gasteiger partial charge < -0.3 is 55.5 Å². The van der Waals surface area contributed by atoms with Crippen molar-refractivity contribution in [3.8, 4) is 0 Å². The molecule has 17 heteroatoms. The van der Waals surface area contributed by atoms with E-state index in [9.17, 15) is 34.5 Å². The first-order valence-electron chi connectivity index (χ1n) is 16.0. The van der Waals surface area contributed by atoms with Gasteiger partial charge in [0.25, 0.3) is 0 Å². The molecular formula is C29H52N4O11S2. The number of ether oxygens (including phenoxy) is 4.